The van der Waals surface area contributed by atoms with Crippen LogP contribution < -0.4 is 0 Å². The van der Waals surface area contributed by atoms with E-state index in [0.29, 0.717) is 0 Å². The van der Waals surface area contributed by atoms with Gasteiger partial charge in [0.05, 0.1) is 0 Å². The molecule has 2 rings (SSSR count). The SMILES string of the molecule is [CH3][Ge]([CH3])([CH3])[O]C(=O)C1C2C=CC(C2)C1C(=O)O. The molecule has 2 aliphatic rings. The number of rotatable bonds is 3. The summed E-state index contributed by atoms with van der Waals surface area (Å²) < 4.78 is 5.51. The molecule has 0 amide bonds. The van der Waals surface area contributed by atoms with E-state index in [1.54, 1.807) is 0 Å². The average molecular weight is 299 g/mol. The summed E-state index contributed by atoms with van der Waals surface area (Å²) in [5.74, 6) is 3.83. The van der Waals surface area contributed by atoms with E-state index in [1.807, 2.05) is 29.4 Å². The van der Waals surface area contributed by atoms with Crippen LogP contribution in [0.25, 0.3) is 0 Å². The summed E-state index contributed by atoms with van der Waals surface area (Å²) in [6, 6.07) is 0. The molecule has 94 valence electrons. The predicted molar refractivity (Wildman–Crippen MR) is 64.8 cm³/mol. The fourth-order valence-corrected chi connectivity index (χ4v) is 4.40. The van der Waals surface area contributed by atoms with Crippen LogP contribution in [0.1, 0.15) is 6.42 Å². The molecule has 17 heavy (non-hydrogen) atoms. The molecule has 5 heteroatoms. The minimum absolute atomic E-state index is 0.0162. The Balaban J connectivity index is 2.17. The minimum atomic E-state index is -2.43. The van der Waals surface area contributed by atoms with Gasteiger partial charge in [0.25, 0.3) is 0 Å². The monoisotopic (exact) mass is 300 g/mol. The van der Waals surface area contributed by atoms with Gasteiger partial charge in [0.1, 0.15) is 0 Å². The normalized spacial score (nSPS) is 35.0. The molecular formula is C12H18GeO4. The summed E-state index contributed by atoms with van der Waals surface area (Å²) in [4.78, 5) is 23.3. The molecule has 0 heterocycles. The zero-order chi connectivity index (χ0) is 12.8. The van der Waals surface area contributed by atoms with Crippen LogP contribution in [0.5, 0.6) is 0 Å². The molecule has 0 saturated heterocycles. The third-order valence-corrected chi connectivity index (χ3v) is 5.13. The zero-order valence-corrected chi connectivity index (χ0v) is 12.4. The molecule has 1 saturated carbocycles. The number of carbonyl (C=O) groups excluding carboxylic acids is 1. The van der Waals surface area contributed by atoms with Crippen molar-refractivity contribution in [3.05, 3.63) is 12.2 Å². The Hall–Kier alpha value is -0.777. The third-order valence-electron chi connectivity index (χ3n) is 3.42. The van der Waals surface area contributed by atoms with Gasteiger partial charge in [0.15, 0.2) is 0 Å². The van der Waals surface area contributed by atoms with Crippen LogP contribution in [0.15, 0.2) is 12.2 Å². The van der Waals surface area contributed by atoms with Gasteiger partial charge in [-0.1, -0.05) is 0 Å². The first-order chi connectivity index (χ1) is 7.79. The van der Waals surface area contributed by atoms with Gasteiger partial charge in [0, 0.05) is 0 Å². The van der Waals surface area contributed by atoms with Gasteiger partial charge in [-0.2, -0.15) is 0 Å². The molecule has 4 atom stereocenters. The fourth-order valence-electron chi connectivity index (χ4n) is 2.85. The maximum absolute atomic E-state index is 12.1. The fraction of sp³-hybridized carbons (Fsp3) is 0.667. The molecule has 0 aromatic rings. The van der Waals surface area contributed by atoms with Crippen LogP contribution in [-0.2, 0) is 13.4 Å². The van der Waals surface area contributed by atoms with Crippen LogP contribution >= 0.6 is 0 Å². The third kappa shape index (κ3) is 2.41. The van der Waals surface area contributed by atoms with Crippen molar-refractivity contribution in [3.63, 3.8) is 0 Å². The Kier molecular flexibility index (Phi) is 3.10. The molecule has 2 bridgehead atoms. The van der Waals surface area contributed by atoms with Crippen molar-refractivity contribution >= 4 is 25.5 Å². The second-order valence-corrected chi connectivity index (χ2v) is 15.2. The van der Waals surface area contributed by atoms with Gasteiger partial charge < -0.3 is 0 Å². The Morgan fingerprint density at radius 2 is 1.71 bits per heavy atom. The van der Waals surface area contributed by atoms with E-state index in [4.69, 9.17) is 3.76 Å². The molecule has 2 aliphatic carbocycles. The first-order valence-electron chi connectivity index (χ1n) is 5.93. The number of fused-ring (bicyclic) bond motifs is 2. The topological polar surface area (TPSA) is 63.6 Å². The number of carbonyl (C=O) groups is 2. The van der Waals surface area contributed by atoms with Crippen molar-refractivity contribution in [2.24, 2.45) is 23.7 Å². The molecule has 1 fully saturated rings. The molecular weight excluding hydrogens is 281 g/mol. The van der Waals surface area contributed by atoms with Gasteiger partial charge in [0.2, 0.25) is 0 Å². The van der Waals surface area contributed by atoms with Crippen molar-refractivity contribution in [2.75, 3.05) is 0 Å². The van der Waals surface area contributed by atoms with Gasteiger partial charge in [-0.05, 0) is 0 Å². The molecule has 4 nitrogen and oxygen atoms in total. The van der Waals surface area contributed by atoms with Crippen molar-refractivity contribution < 1.29 is 18.5 Å². The van der Waals surface area contributed by atoms with E-state index in [-0.39, 0.29) is 17.8 Å². The Morgan fingerprint density at radius 1 is 1.18 bits per heavy atom. The summed E-state index contributed by atoms with van der Waals surface area (Å²) >= 11 is -2.43. The summed E-state index contributed by atoms with van der Waals surface area (Å²) in [7, 11) is 0. The Labute approximate surface area is 104 Å². The molecule has 0 spiro atoms. The van der Waals surface area contributed by atoms with Gasteiger partial charge in [-0.15, -0.1) is 0 Å². The number of hydrogen-bond acceptors (Lipinski definition) is 3. The number of carboxylic acids is 1. The zero-order valence-electron chi connectivity index (χ0n) is 10.3. The summed E-state index contributed by atoms with van der Waals surface area (Å²) in [6.45, 7) is 0. The van der Waals surface area contributed by atoms with Gasteiger partial charge in [-0.3, -0.25) is 0 Å². The summed E-state index contributed by atoms with van der Waals surface area (Å²) in [5, 5.41) is 9.23. The summed E-state index contributed by atoms with van der Waals surface area (Å²) in [6.07, 6.45) is 4.70. The maximum atomic E-state index is 12.1. The Morgan fingerprint density at radius 3 is 2.18 bits per heavy atom. The summed E-state index contributed by atoms with van der Waals surface area (Å²) in [5.41, 5.74) is 0. The van der Waals surface area contributed by atoms with E-state index in [0.717, 1.165) is 6.42 Å². The van der Waals surface area contributed by atoms with E-state index in [9.17, 15) is 14.7 Å². The van der Waals surface area contributed by atoms with Crippen LogP contribution in [0.4, 0.5) is 0 Å². The van der Waals surface area contributed by atoms with E-state index in [1.165, 1.54) is 0 Å². The molecule has 0 aromatic carbocycles. The van der Waals surface area contributed by atoms with Crippen LogP contribution in [0.2, 0.25) is 17.3 Å². The van der Waals surface area contributed by atoms with Crippen LogP contribution in [0.3, 0.4) is 0 Å². The number of hydrogen-bond donors (Lipinski definition) is 1. The van der Waals surface area contributed by atoms with Crippen molar-refractivity contribution in [1.29, 1.82) is 0 Å². The number of carboxylic acid groups (broad SMARTS) is 1. The second-order valence-electron chi connectivity index (χ2n) is 5.87. The van der Waals surface area contributed by atoms with Gasteiger partial charge in [-0.25, -0.2) is 0 Å². The molecule has 0 radical (unpaired) electrons. The van der Waals surface area contributed by atoms with E-state index < -0.39 is 31.4 Å². The average Bonchev–Trinajstić information content (AvgIpc) is 2.72. The molecule has 1 N–H and O–H groups in total. The van der Waals surface area contributed by atoms with E-state index in [2.05, 4.69) is 0 Å². The van der Waals surface area contributed by atoms with Crippen LogP contribution in [-0.4, -0.2) is 30.6 Å². The number of allylic oxidation sites excluding steroid dienone is 2. The number of aliphatic carboxylic acids is 1. The second kappa shape index (κ2) is 4.16. The van der Waals surface area contributed by atoms with Crippen molar-refractivity contribution in [2.45, 2.75) is 23.7 Å². The van der Waals surface area contributed by atoms with Crippen molar-refractivity contribution in [3.8, 4) is 0 Å². The standard InChI is InChI=1S/C12H18GeO4/c1-13(2,3)17-12(16)10-8-5-4-7(6-8)9(10)11(14)15/h4-5,7-10H,6H2,1-3H3,(H,14,15). The first kappa shape index (κ1) is 12.7. The molecule has 0 aliphatic heterocycles. The molecule has 0 aromatic heterocycles. The van der Waals surface area contributed by atoms with E-state index >= 15 is 0 Å². The predicted octanol–water partition coefficient (Wildman–Crippen LogP) is 1.89. The van der Waals surface area contributed by atoms with Crippen molar-refractivity contribution in [1.82, 2.24) is 0 Å². The quantitative estimate of drug-likeness (QED) is 0.638. The van der Waals surface area contributed by atoms with Gasteiger partial charge >= 0.3 is 104 Å². The Bertz CT molecular complexity index is 382. The van der Waals surface area contributed by atoms with Crippen LogP contribution in [0, 0.1) is 23.7 Å². The molecule has 4 unspecified atom stereocenters. The first-order valence-corrected chi connectivity index (χ1v) is 13.1.